The van der Waals surface area contributed by atoms with Gasteiger partial charge in [0.2, 0.25) is 11.6 Å². The highest BCUT2D eigenvalue weighted by Crippen LogP contribution is 2.32. The van der Waals surface area contributed by atoms with E-state index < -0.39 is 10.9 Å². The van der Waals surface area contributed by atoms with Gasteiger partial charge in [-0.05, 0) is 18.6 Å². The average Bonchev–Trinajstić information content (AvgIpc) is 2.40. The summed E-state index contributed by atoms with van der Waals surface area (Å²) in [4.78, 5) is 25.1. The fourth-order valence-electron chi connectivity index (χ4n) is 1.61. The van der Waals surface area contributed by atoms with Crippen molar-refractivity contribution >= 4 is 23.3 Å². The summed E-state index contributed by atoms with van der Waals surface area (Å²) in [6.07, 6.45) is 1.11. The Balaban J connectivity index is 2.43. The van der Waals surface area contributed by atoms with Crippen LogP contribution in [0.5, 0.6) is 11.6 Å². The zero-order valence-corrected chi connectivity index (χ0v) is 11.5. The normalized spacial score (nSPS) is 10.2. The maximum absolute atomic E-state index is 11.0. The molecule has 0 spiro atoms. The molecular formula is C13H9ClN2O5. The second-order valence-corrected chi connectivity index (χ2v) is 4.55. The van der Waals surface area contributed by atoms with Gasteiger partial charge in [-0.25, -0.2) is 9.78 Å². The molecule has 1 aromatic heterocycles. The number of nitro benzene ring substituents is 1. The molecule has 2 rings (SSSR count). The van der Waals surface area contributed by atoms with Gasteiger partial charge in [-0.3, -0.25) is 10.1 Å². The minimum absolute atomic E-state index is 0.0221. The van der Waals surface area contributed by atoms with Crippen LogP contribution in [0.4, 0.5) is 5.69 Å². The first-order valence-electron chi connectivity index (χ1n) is 5.70. The largest absolute Gasteiger partial charge is 0.478 e. The Bertz CT molecular complexity index is 732. The lowest BCUT2D eigenvalue weighted by atomic mass is 10.2. The first-order chi connectivity index (χ1) is 9.88. The number of rotatable bonds is 4. The van der Waals surface area contributed by atoms with Gasteiger partial charge in [0, 0.05) is 12.1 Å². The van der Waals surface area contributed by atoms with E-state index in [-0.39, 0.29) is 27.9 Å². The predicted molar refractivity (Wildman–Crippen MR) is 74.1 cm³/mol. The number of ether oxygens (including phenoxy) is 1. The summed E-state index contributed by atoms with van der Waals surface area (Å²) in [6.45, 7) is 1.74. The van der Waals surface area contributed by atoms with Gasteiger partial charge in [0.1, 0.15) is 0 Å². The van der Waals surface area contributed by atoms with Crippen LogP contribution in [0.2, 0.25) is 5.02 Å². The number of benzene rings is 1. The van der Waals surface area contributed by atoms with Crippen LogP contribution in [0.25, 0.3) is 0 Å². The molecule has 8 heteroatoms. The second-order valence-electron chi connectivity index (χ2n) is 4.14. The number of nitrogens with zero attached hydrogens (tertiary/aromatic N) is 2. The number of aromatic nitrogens is 1. The quantitative estimate of drug-likeness (QED) is 0.685. The monoisotopic (exact) mass is 308 g/mol. The zero-order valence-electron chi connectivity index (χ0n) is 10.7. The molecule has 21 heavy (non-hydrogen) atoms. The van der Waals surface area contributed by atoms with Crippen LogP contribution in [0.15, 0.2) is 30.5 Å². The van der Waals surface area contributed by atoms with Gasteiger partial charge >= 0.3 is 11.7 Å². The third-order valence-electron chi connectivity index (χ3n) is 2.59. The molecule has 0 unspecified atom stereocenters. The van der Waals surface area contributed by atoms with Gasteiger partial charge in [-0.1, -0.05) is 17.7 Å². The number of nitro groups is 1. The SMILES string of the molecule is Cc1ccc([N+](=O)[O-])c(Oc2cc(C(=O)O)c(Cl)cn2)c1. The van der Waals surface area contributed by atoms with E-state index >= 15 is 0 Å². The first kappa shape index (κ1) is 14.7. The van der Waals surface area contributed by atoms with Crippen LogP contribution in [-0.4, -0.2) is 21.0 Å². The van der Waals surface area contributed by atoms with E-state index in [0.717, 1.165) is 17.8 Å². The van der Waals surface area contributed by atoms with Crippen molar-refractivity contribution in [3.63, 3.8) is 0 Å². The standard InChI is InChI=1S/C13H9ClN2O5/c1-7-2-3-10(16(19)20)11(4-7)21-12-5-8(13(17)18)9(14)6-15-12/h2-6H,1H3,(H,17,18). The highest BCUT2D eigenvalue weighted by atomic mass is 35.5. The molecule has 7 nitrogen and oxygen atoms in total. The summed E-state index contributed by atoms with van der Waals surface area (Å²) < 4.78 is 5.32. The second kappa shape index (κ2) is 5.76. The number of hydrogen-bond donors (Lipinski definition) is 1. The van der Waals surface area contributed by atoms with Crippen LogP contribution < -0.4 is 4.74 Å². The van der Waals surface area contributed by atoms with E-state index in [4.69, 9.17) is 21.4 Å². The lowest BCUT2D eigenvalue weighted by Gasteiger charge is -2.07. The van der Waals surface area contributed by atoms with Crippen molar-refractivity contribution in [3.05, 3.63) is 56.7 Å². The fourth-order valence-corrected chi connectivity index (χ4v) is 1.79. The number of carboxylic acid groups (broad SMARTS) is 1. The molecule has 0 radical (unpaired) electrons. The molecule has 1 aromatic carbocycles. The van der Waals surface area contributed by atoms with Crippen LogP contribution in [0, 0.1) is 17.0 Å². The zero-order chi connectivity index (χ0) is 15.6. The van der Waals surface area contributed by atoms with Gasteiger partial charge in [-0.2, -0.15) is 0 Å². The van der Waals surface area contributed by atoms with Gasteiger partial charge in [0.15, 0.2) is 0 Å². The van der Waals surface area contributed by atoms with Crippen LogP contribution >= 0.6 is 11.6 Å². The topological polar surface area (TPSA) is 103 Å². The molecule has 0 fully saturated rings. The van der Waals surface area contributed by atoms with Crippen molar-refractivity contribution < 1.29 is 19.6 Å². The number of halogens is 1. The van der Waals surface area contributed by atoms with Gasteiger partial charge in [0.05, 0.1) is 21.7 Å². The van der Waals surface area contributed by atoms with Crippen molar-refractivity contribution in [2.24, 2.45) is 0 Å². The Kier molecular flexibility index (Phi) is 4.04. The summed E-state index contributed by atoms with van der Waals surface area (Å²) in [5, 5.41) is 19.9. The molecule has 0 aliphatic rings. The maximum Gasteiger partial charge on any atom is 0.337 e. The number of carboxylic acids is 1. The van der Waals surface area contributed by atoms with Crippen molar-refractivity contribution in [2.45, 2.75) is 6.92 Å². The smallest absolute Gasteiger partial charge is 0.337 e. The third-order valence-corrected chi connectivity index (χ3v) is 2.89. The van der Waals surface area contributed by atoms with Gasteiger partial charge < -0.3 is 9.84 Å². The highest BCUT2D eigenvalue weighted by Gasteiger charge is 2.18. The van der Waals surface area contributed by atoms with E-state index in [0.29, 0.717) is 0 Å². The number of hydrogen-bond acceptors (Lipinski definition) is 5. The van der Waals surface area contributed by atoms with Crippen molar-refractivity contribution in [1.29, 1.82) is 0 Å². The average molecular weight is 309 g/mol. The summed E-state index contributed by atoms with van der Waals surface area (Å²) in [5.74, 6) is -1.36. The molecule has 108 valence electrons. The molecule has 0 saturated heterocycles. The van der Waals surface area contributed by atoms with Gasteiger partial charge in [0.25, 0.3) is 0 Å². The minimum Gasteiger partial charge on any atom is -0.478 e. The molecule has 0 bridgehead atoms. The van der Waals surface area contributed by atoms with Crippen molar-refractivity contribution in [2.75, 3.05) is 0 Å². The predicted octanol–water partition coefficient (Wildman–Crippen LogP) is 3.44. The molecule has 0 saturated carbocycles. The molecular weight excluding hydrogens is 300 g/mol. The number of carbonyl (C=O) groups is 1. The Morgan fingerprint density at radius 1 is 1.43 bits per heavy atom. The van der Waals surface area contributed by atoms with Crippen LogP contribution in [0.1, 0.15) is 15.9 Å². The highest BCUT2D eigenvalue weighted by molar-refractivity contribution is 6.33. The Morgan fingerprint density at radius 3 is 2.76 bits per heavy atom. The summed E-state index contributed by atoms with van der Waals surface area (Å²) in [6, 6.07) is 5.45. The van der Waals surface area contributed by atoms with E-state index in [2.05, 4.69) is 4.98 Å². The van der Waals surface area contributed by atoms with E-state index in [9.17, 15) is 14.9 Å². The Hall–Kier alpha value is -2.67. The summed E-state index contributed by atoms with van der Waals surface area (Å²) in [5.41, 5.74) is 0.314. The number of aryl methyl sites for hydroxylation is 1. The van der Waals surface area contributed by atoms with Gasteiger partial charge in [-0.15, -0.1) is 0 Å². The Morgan fingerprint density at radius 2 is 2.14 bits per heavy atom. The van der Waals surface area contributed by atoms with E-state index in [1.807, 2.05) is 0 Å². The van der Waals surface area contributed by atoms with Crippen molar-refractivity contribution in [1.82, 2.24) is 4.98 Å². The lowest BCUT2D eigenvalue weighted by molar-refractivity contribution is -0.385. The first-order valence-corrected chi connectivity index (χ1v) is 6.08. The number of pyridine rings is 1. The lowest BCUT2D eigenvalue weighted by Crippen LogP contribution is -2.00. The van der Waals surface area contributed by atoms with E-state index in [1.165, 1.54) is 12.1 Å². The molecule has 0 amide bonds. The summed E-state index contributed by atoms with van der Waals surface area (Å²) in [7, 11) is 0. The molecule has 2 aromatic rings. The fraction of sp³-hybridized carbons (Fsp3) is 0.0769. The third kappa shape index (κ3) is 3.26. The molecule has 1 N–H and O–H groups in total. The summed E-state index contributed by atoms with van der Waals surface area (Å²) >= 11 is 5.69. The molecule has 0 atom stereocenters. The maximum atomic E-state index is 11.0. The van der Waals surface area contributed by atoms with Crippen LogP contribution in [-0.2, 0) is 0 Å². The molecule has 0 aliphatic carbocycles. The van der Waals surface area contributed by atoms with Crippen LogP contribution in [0.3, 0.4) is 0 Å². The molecule has 1 heterocycles. The minimum atomic E-state index is -1.24. The van der Waals surface area contributed by atoms with E-state index in [1.54, 1.807) is 13.0 Å². The number of aromatic carboxylic acids is 1. The Labute approximate surface area is 123 Å². The molecule has 0 aliphatic heterocycles. The van der Waals surface area contributed by atoms with Crippen molar-refractivity contribution in [3.8, 4) is 11.6 Å².